The largest absolute Gasteiger partial charge is 3.00 e. The van der Waals surface area contributed by atoms with Gasteiger partial charge >= 0.3 is 323 Å². The van der Waals surface area contributed by atoms with E-state index in [-0.39, 0.29) is 372 Å². The van der Waals surface area contributed by atoms with Crippen molar-refractivity contribution in [1.82, 2.24) is 0 Å². The van der Waals surface area contributed by atoms with E-state index in [1.807, 2.05) is 0 Å². The second-order valence-corrected chi connectivity index (χ2v) is 6.00. The Hall–Kier alpha value is 7.25. The zero-order valence-corrected chi connectivity index (χ0v) is 55.2. The van der Waals surface area contributed by atoms with Crippen LogP contribution in [-0.4, -0.2) is 357 Å². The second-order valence-electron chi connectivity index (χ2n) is 2.00. The molecule has 0 unspecified atom stereocenters. The maximum atomic E-state index is 8.52. The van der Waals surface area contributed by atoms with Crippen molar-refractivity contribution in [2.24, 2.45) is 0 Å². The Morgan fingerprint density at radius 1 is 0.226 bits per heavy atom. The Balaban J connectivity index is -0.00000000435. The third-order valence-corrected chi connectivity index (χ3v) is 0. The van der Waals surface area contributed by atoms with E-state index in [0.717, 1.165) is 0 Å². The van der Waals surface area contributed by atoms with Gasteiger partial charge in [0.25, 0.3) is 0 Å². The Morgan fingerprint density at radius 2 is 0.226 bits per heavy atom. The smallest absolute Gasteiger partial charge is 0.870 e. The van der Waals surface area contributed by atoms with Gasteiger partial charge in [-0.2, -0.15) is 0 Å². The van der Waals surface area contributed by atoms with Gasteiger partial charge < -0.3 is 162 Å². The van der Waals surface area contributed by atoms with Gasteiger partial charge in [-0.1, -0.05) is 0 Å². The molecule has 0 aromatic rings. The van der Waals surface area contributed by atoms with Crippen LogP contribution in [0.4, 0.5) is 0 Å². The second kappa shape index (κ2) is 206. The van der Waals surface area contributed by atoms with Crippen molar-refractivity contribution in [2.45, 2.75) is 0 Å². The van der Waals surface area contributed by atoms with E-state index in [2.05, 4.69) is 0 Å². The minimum Gasteiger partial charge on any atom is -0.870 e. The molecule has 0 radical (unpaired) electrons. The van der Waals surface area contributed by atoms with E-state index in [1.54, 1.807) is 0 Å². The third kappa shape index (κ3) is 3690. The molecule has 53 heavy (non-hydrogen) atoms. The summed E-state index contributed by atoms with van der Waals surface area (Å²) in [5.74, 6) is 0. The number of hydrogen-bond donors (Lipinski definition) is 0. The number of rotatable bonds is 0. The molecule has 0 amide bonds. The van der Waals surface area contributed by atoms with Crippen molar-refractivity contribution in [3.63, 3.8) is 0 Å². The van der Waals surface area contributed by atoms with Gasteiger partial charge in [0.05, 0.1) is 0 Å². The molecule has 0 saturated carbocycles. The molecule has 10 N–H and O–H groups in total. The molecule has 0 aromatic carbocycles. The first-order chi connectivity index (χ1) is 13.9. The zero-order chi connectivity index (χ0) is 28.6. The molecule has 0 spiro atoms. The molecule has 0 saturated heterocycles. The van der Waals surface area contributed by atoms with E-state index in [1.165, 1.54) is 0 Å². The molecule has 0 aliphatic heterocycles. The van der Waals surface area contributed by atoms with Crippen molar-refractivity contribution in [3.8, 4) is 0 Å². The summed E-state index contributed by atoms with van der Waals surface area (Å²) < 4.78 is 68.1. The summed E-state index contributed by atoms with van der Waals surface area (Å²) in [6.45, 7) is 0. The zero-order valence-electron chi connectivity index (χ0n) is 26.9. The molecule has 0 fully saturated rings. The average molecular weight is 1110 g/mol. The molecular formula is H10Al3Ca3Mg3Na3O33Si8. The van der Waals surface area contributed by atoms with Gasteiger partial charge in [-0.05, 0) is 0 Å². The van der Waals surface area contributed by atoms with E-state index >= 15 is 0 Å². The average Bonchev–Trinajstić information content (AvgIpc) is 2.30. The molecule has 0 aliphatic carbocycles. The van der Waals surface area contributed by atoms with E-state index in [0.29, 0.717) is 0 Å². The normalized spacial score (nSPS) is 3.62. The van der Waals surface area contributed by atoms with E-state index < -0.39 is 73.4 Å². The van der Waals surface area contributed by atoms with Crippen LogP contribution < -0.4 is 165 Å². The van der Waals surface area contributed by atoms with Crippen LogP contribution in [0.3, 0.4) is 0 Å². The van der Waals surface area contributed by atoms with Crippen LogP contribution in [0.2, 0.25) is 0 Å². The predicted molar refractivity (Wildman–Crippen MR) is 122 cm³/mol. The predicted octanol–water partition coefficient (Wildman–Crippen LogP) is -37.7. The fourth-order valence-corrected chi connectivity index (χ4v) is 0. The van der Waals surface area contributed by atoms with Gasteiger partial charge in [-0.15, -0.1) is 0 Å². The van der Waals surface area contributed by atoms with Crippen LogP contribution in [0.25, 0.3) is 0 Å². The first-order valence-electron chi connectivity index (χ1n) is 4.90. The van der Waals surface area contributed by atoms with Crippen LogP contribution in [0.15, 0.2) is 0 Å². The van der Waals surface area contributed by atoms with Crippen molar-refractivity contribution in [2.75, 3.05) is 0 Å². The first kappa shape index (κ1) is 217. The molecule has 0 aliphatic rings. The summed E-state index contributed by atoms with van der Waals surface area (Å²) in [5.41, 5.74) is 0. The van der Waals surface area contributed by atoms with Crippen LogP contribution >= 0.6 is 0 Å². The molecule has 264 valence electrons. The first-order valence-corrected chi connectivity index (χ1v) is 14.7. The van der Waals surface area contributed by atoms with Crippen LogP contribution in [0, 0.1) is 0 Å². The Labute approximate surface area is 546 Å². The van der Waals surface area contributed by atoms with Gasteiger partial charge in [0.2, 0.25) is 0 Å². The van der Waals surface area contributed by atoms with Gasteiger partial charge in [0.15, 0.2) is 0 Å². The van der Waals surface area contributed by atoms with E-state index in [4.69, 9.17) is 112 Å². The fraction of sp³-hybridized carbons (Fsp3) is 0. The fourth-order valence-electron chi connectivity index (χ4n) is 0. The maximum Gasteiger partial charge on any atom is 3.00 e. The minimum absolute atomic E-state index is 0. The Morgan fingerprint density at radius 3 is 0.226 bits per heavy atom. The molecule has 53 heteroatoms. The Kier molecular flexibility index (Phi) is 841. The van der Waals surface area contributed by atoms with Crippen LogP contribution in [0.5, 0.6) is 0 Å². The summed E-state index contributed by atoms with van der Waals surface area (Å²) in [4.78, 5) is 136. The summed E-state index contributed by atoms with van der Waals surface area (Å²) in [6, 6.07) is 0. The molecule has 0 bridgehead atoms. The number of hydrogen-bond acceptors (Lipinski definition) is 32. The van der Waals surface area contributed by atoms with Crippen molar-refractivity contribution in [3.05, 3.63) is 0 Å². The molecule has 0 aromatic heterocycles. The summed E-state index contributed by atoms with van der Waals surface area (Å²) >= 11 is 0. The van der Waals surface area contributed by atoms with Crippen molar-refractivity contribution >= 4 is 308 Å². The van der Waals surface area contributed by atoms with Gasteiger partial charge in [0.1, 0.15) is 0 Å². The van der Waals surface area contributed by atoms with Gasteiger partial charge in [-0.3, -0.25) is 0 Å². The molecule has 0 atom stereocenters. The molecular weight excluding hydrogens is 1100 g/mol. The molecule has 0 heterocycles. The van der Waals surface area contributed by atoms with Crippen LogP contribution in [-0.2, 0) is 35.7 Å². The quantitative estimate of drug-likeness (QED) is 0.203. The van der Waals surface area contributed by atoms with E-state index in [9.17, 15) is 0 Å². The van der Waals surface area contributed by atoms with Crippen molar-refractivity contribution in [1.29, 1.82) is 0 Å². The van der Waals surface area contributed by atoms with Crippen molar-refractivity contribution < 1.29 is 250 Å². The summed E-state index contributed by atoms with van der Waals surface area (Å²) in [6.07, 6.45) is 0. The Bertz CT molecular complexity index is 422. The monoisotopic (exact) mass is 1100 g/mol. The third-order valence-electron chi connectivity index (χ3n) is 0. The summed E-state index contributed by atoms with van der Waals surface area (Å²) in [5, 5.41) is 0. The maximum absolute atomic E-state index is 8.52. The van der Waals surface area contributed by atoms with Crippen LogP contribution in [0.1, 0.15) is 0 Å². The minimum atomic E-state index is -3.63. The standard InChI is InChI=1S/3Al.3Ca.3Mg.3Na.8O3Si.9H2O/c;;;;;;;;;;;;8*1-4(2)3;;;;;;;;;/h;;;;;;;;;;;;;;;;;;;;9*1H2/q3*+3;6*+2;3*+1;8*-2;;;;;;;;;/p-8. The molecule has 33 nitrogen and oxygen atoms in total. The topological polar surface area (TPSA) is 777 Å². The molecule has 0 rings (SSSR count). The summed E-state index contributed by atoms with van der Waals surface area (Å²) in [7, 11) is -29.0. The van der Waals surface area contributed by atoms with Gasteiger partial charge in [0, 0.05) is 73.4 Å². The SMILES string of the molecule is O.O=[Si]([O-])[O-].O=[Si]([O-])[O-].O=[Si]([O-])[O-].O=[Si]([O-])[O-].O=[Si]([O-])[O-].O=[Si]([O-])[O-].O=[Si]([O-])[O-].O=[Si]([O-])[O-].[Al+3].[Al+3].[Al+3].[Ca+2].[Ca+2].[Ca+2].[Mg+2].[Mg+2].[Mg+2].[Na+].[Na+].[Na+].[OH-].[OH-].[OH-].[OH-].[OH-].[OH-].[OH-].[OH-]. The van der Waals surface area contributed by atoms with Gasteiger partial charge in [-0.25, -0.2) is 0 Å².